The average molecular weight is 358 g/mol. The minimum absolute atomic E-state index is 0.230. The maximum absolute atomic E-state index is 12.5. The van der Waals surface area contributed by atoms with Crippen molar-refractivity contribution in [2.24, 2.45) is 5.10 Å². The van der Waals surface area contributed by atoms with Crippen LogP contribution >= 0.6 is 11.6 Å². The van der Waals surface area contributed by atoms with Gasteiger partial charge in [0, 0.05) is 12.2 Å². The first-order chi connectivity index (χ1) is 12.2. The first-order valence-corrected chi connectivity index (χ1v) is 8.69. The number of nitrogens with zero attached hydrogens (tertiary/aromatic N) is 2. The summed E-state index contributed by atoms with van der Waals surface area (Å²) in [5, 5.41) is 4.87. The molecule has 130 valence electrons. The van der Waals surface area contributed by atoms with E-state index in [0.717, 1.165) is 18.5 Å². The molecular formula is C19H20ClN3O2. The fraction of sp³-hybridized carbons (Fsp3) is 0.263. The van der Waals surface area contributed by atoms with Gasteiger partial charge in [-0.05, 0) is 43.5 Å². The Bertz CT molecular complexity index is 792. The molecule has 25 heavy (non-hydrogen) atoms. The van der Waals surface area contributed by atoms with Crippen LogP contribution in [0.1, 0.15) is 18.9 Å². The highest BCUT2D eigenvalue weighted by molar-refractivity contribution is 6.41. The number of nitrogens with one attached hydrogen (secondary N) is 1. The highest BCUT2D eigenvalue weighted by Crippen LogP contribution is 2.27. The zero-order valence-corrected chi connectivity index (χ0v) is 14.8. The van der Waals surface area contributed by atoms with Crippen molar-refractivity contribution in [3.05, 3.63) is 59.1 Å². The number of hydrazone groups is 1. The lowest BCUT2D eigenvalue weighted by molar-refractivity contribution is -0.135. The Kier molecular flexibility index (Phi) is 5.56. The third-order valence-electron chi connectivity index (χ3n) is 3.98. The third kappa shape index (κ3) is 3.94. The highest BCUT2D eigenvalue weighted by Gasteiger charge is 2.26. The summed E-state index contributed by atoms with van der Waals surface area (Å²) in [4.78, 5) is 14.4. The van der Waals surface area contributed by atoms with Gasteiger partial charge in [-0.2, -0.15) is 0 Å². The lowest BCUT2D eigenvalue weighted by Crippen LogP contribution is -2.41. The Labute approximate surface area is 152 Å². The molecule has 0 atom stereocenters. The molecule has 0 spiro atoms. The number of para-hydroxylation sites is 2. The maximum atomic E-state index is 12.5. The number of halogens is 1. The smallest absolute Gasteiger partial charge is 0.376 e. The Hall–Kier alpha value is -2.53. The molecule has 0 saturated carbocycles. The van der Waals surface area contributed by atoms with Gasteiger partial charge in [0.25, 0.3) is 0 Å². The van der Waals surface area contributed by atoms with Crippen molar-refractivity contribution in [3.8, 4) is 0 Å². The predicted molar refractivity (Wildman–Crippen MR) is 101 cm³/mol. The fourth-order valence-corrected chi connectivity index (χ4v) is 3.01. The standard InChI is InChI=1S/C19H20ClN3O2/c1-2-25-19(24)18(22-21-16-11-5-4-10-15(16)20)23-13-7-9-14-8-3-6-12-17(14)23/h3-6,8,10-12,21H,2,7,9,13H2,1H3/b22-18+. The van der Waals surface area contributed by atoms with Gasteiger partial charge in [-0.15, -0.1) is 5.10 Å². The van der Waals surface area contributed by atoms with Gasteiger partial charge in [0.05, 0.1) is 17.3 Å². The molecule has 0 fully saturated rings. The number of esters is 1. The van der Waals surface area contributed by atoms with E-state index in [1.807, 2.05) is 35.2 Å². The highest BCUT2D eigenvalue weighted by atomic mass is 35.5. The monoisotopic (exact) mass is 357 g/mol. The van der Waals surface area contributed by atoms with Crippen LogP contribution < -0.4 is 10.3 Å². The quantitative estimate of drug-likeness (QED) is 0.389. The number of hydrogen-bond donors (Lipinski definition) is 1. The van der Waals surface area contributed by atoms with Crippen LogP contribution in [0, 0.1) is 0 Å². The molecular weight excluding hydrogens is 338 g/mol. The second kappa shape index (κ2) is 8.03. The van der Waals surface area contributed by atoms with Crippen LogP contribution in [0.2, 0.25) is 5.02 Å². The van der Waals surface area contributed by atoms with Crippen molar-refractivity contribution < 1.29 is 9.53 Å². The molecule has 0 amide bonds. The summed E-state index contributed by atoms with van der Waals surface area (Å²) in [5.74, 6) is -0.229. The predicted octanol–water partition coefficient (Wildman–Crippen LogP) is 4.08. The SMILES string of the molecule is CCOC(=O)/C(=N\Nc1ccccc1Cl)N1CCCc2ccccc21. The van der Waals surface area contributed by atoms with Crippen LogP contribution in [-0.2, 0) is 16.0 Å². The third-order valence-corrected chi connectivity index (χ3v) is 4.31. The van der Waals surface area contributed by atoms with E-state index >= 15 is 0 Å². The fourth-order valence-electron chi connectivity index (χ4n) is 2.83. The van der Waals surface area contributed by atoms with Crippen LogP contribution in [0.3, 0.4) is 0 Å². The van der Waals surface area contributed by atoms with Crippen molar-refractivity contribution in [2.45, 2.75) is 19.8 Å². The second-order valence-corrected chi connectivity index (χ2v) is 6.04. The zero-order chi connectivity index (χ0) is 17.6. The van der Waals surface area contributed by atoms with Crippen molar-refractivity contribution in [3.63, 3.8) is 0 Å². The molecule has 3 rings (SSSR count). The van der Waals surface area contributed by atoms with E-state index in [4.69, 9.17) is 16.3 Å². The summed E-state index contributed by atoms with van der Waals surface area (Å²) in [6.45, 7) is 2.78. The molecule has 6 heteroatoms. The number of carbonyl (C=O) groups is 1. The summed E-state index contributed by atoms with van der Waals surface area (Å²) in [6, 6.07) is 15.3. The molecule has 0 unspecified atom stereocenters. The van der Waals surface area contributed by atoms with Crippen molar-refractivity contribution >= 4 is 34.8 Å². The van der Waals surface area contributed by atoms with Gasteiger partial charge < -0.3 is 9.64 Å². The minimum Gasteiger partial charge on any atom is -0.460 e. The number of carbonyl (C=O) groups excluding carboxylic acids is 1. The van der Waals surface area contributed by atoms with E-state index in [-0.39, 0.29) is 5.84 Å². The number of rotatable bonds is 3. The Morgan fingerprint density at radius 2 is 2.00 bits per heavy atom. The largest absolute Gasteiger partial charge is 0.460 e. The molecule has 5 nitrogen and oxygen atoms in total. The minimum atomic E-state index is -0.459. The summed E-state index contributed by atoms with van der Waals surface area (Å²) in [6.07, 6.45) is 1.93. The van der Waals surface area contributed by atoms with Gasteiger partial charge in [0.1, 0.15) is 0 Å². The van der Waals surface area contributed by atoms with Crippen molar-refractivity contribution in [1.82, 2.24) is 0 Å². The molecule has 0 radical (unpaired) electrons. The number of aryl methyl sites for hydroxylation is 1. The summed E-state index contributed by atoms with van der Waals surface area (Å²) < 4.78 is 5.21. The Morgan fingerprint density at radius 1 is 1.24 bits per heavy atom. The van der Waals surface area contributed by atoms with Crippen LogP contribution in [0.5, 0.6) is 0 Å². The molecule has 1 aliphatic rings. The summed E-state index contributed by atoms with van der Waals surface area (Å²) in [5.41, 5.74) is 5.71. The van der Waals surface area contributed by atoms with E-state index in [2.05, 4.69) is 16.6 Å². The van der Waals surface area contributed by atoms with Crippen LogP contribution in [0.15, 0.2) is 53.6 Å². The van der Waals surface area contributed by atoms with Crippen LogP contribution in [-0.4, -0.2) is 25.0 Å². The van der Waals surface area contributed by atoms with Gasteiger partial charge in [-0.1, -0.05) is 41.9 Å². The van der Waals surface area contributed by atoms with E-state index < -0.39 is 5.97 Å². The Balaban J connectivity index is 1.94. The number of amidine groups is 1. The van der Waals surface area contributed by atoms with E-state index in [1.165, 1.54) is 5.56 Å². The number of fused-ring (bicyclic) bond motifs is 1. The normalized spacial score (nSPS) is 14.0. The molecule has 0 saturated heterocycles. The van der Waals surface area contributed by atoms with E-state index in [1.54, 1.807) is 19.1 Å². The van der Waals surface area contributed by atoms with Gasteiger partial charge in [-0.3, -0.25) is 5.43 Å². The van der Waals surface area contributed by atoms with Gasteiger partial charge in [0.2, 0.25) is 5.84 Å². The number of ether oxygens (including phenoxy) is 1. The van der Waals surface area contributed by atoms with Gasteiger partial charge in [0.15, 0.2) is 0 Å². The molecule has 1 aliphatic heterocycles. The number of benzene rings is 2. The number of anilines is 2. The molecule has 2 aromatic rings. The van der Waals surface area contributed by atoms with Gasteiger partial charge >= 0.3 is 5.97 Å². The zero-order valence-electron chi connectivity index (χ0n) is 14.0. The van der Waals surface area contributed by atoms with Gasteiger partial charge in [-0.25, -0.2) is 4.79 Å². The molecule has 0 bridgehead atoms. The second-order valence-electron chi connectivity index (χ2n) is 5.63. The lowest BCUT2D eigenvalue weighted by atomic mass is 10.0. The first-order valence-electron chi connectivity index (χ1n) is 8.31. The first kappa shape index (κ1) is 17.3. The topological polar surface area (TPSA) is 53.9 Å². The molecule has 1 heterocycles. The lowest BCUT2D eigenvalue weighted by Gasteiger charge is -2.30. The van der Waals surface area contributed by atoms with E-state index in [9.17, 15) is 4.79 Å². The summed E-state index contributed by atoms with van der Waals surface area (Å²) in [7, 11) is 0. The summed E-state index contributed by atoms with van der Waals surface area (Å²) >= 11 is 6.15. The molecule has 1 N–H and O–H groups in total. The van der Waals surface area contributed by atoms with Crippen LogP contribution in [0.25, 0.3) is 0 Å². The molecule has 0 aromatic heterocycles. The van der Waals surface area contributed by atoms with Crippen molar-refractivity contribution in [1.29, 1.82) is 0 Å². The molecule has 2 aromatic carbocycles. The number of hydrogen-bond acceptors (Lipinski definition) is 4. The average Bonchev–Trinajstić information content (AvgIpc) is 2.64. The maximum Gasteiger partial charge on any atom is 0.376 e. The Morgan fingerprint density at radius 3 is 2.80 bits per heavy atom. The molecule has 0 aliphatic carbocycles. The van der Waals surface area contributed by atoms with Crippen LogP contribution in [0.4, 0.5) is 11.4 Å². The van der Waals surface area contributed by atoms with Crippen molar-refractivity contribution in [2.75, 3.05) is 23.5 Å². The van der Waals surface area contributed by atoms with E-state index in [0.29, 0.717) is 23.9 Å².